The molecule has 1 heterocycles. The predicted molar refractivity (Wildman–Crippen MR) is 92.3 cm³/mol. The van der Waals surface area contributed by atoms with Crippen molar-refractivity contribution in [2.75, 3.05) is 10.6 Å². The van der Waals surface area contributed by atoms with Crippen molar-refractivity contribution in [2.45, 2.75) is 40.2 Å². The number of hydrogen-bond donors (Lipinski definition) is 2. The van der Waals surface area contributed by atoms with Crippen molar-refractivity contribution in [3.63, 3.8) is 0 Å². The first-order valence-electron chi connectivity index (χ1n) is 6.90. The van der Waals surface area contributed by atoms with Crippen LogP contribution in [0.3, 0.4) is 0 Å². The molecule has 5 heteroatoms. The average Bonchev–Trinajstić information content (AvgIpc) is 2.31. The van der Waals surface area contributed by atoms with Crippen LogP contribution < -0.4 is 10.6 Å². The molecule has 2 N–H and O–H groups in total. The predicted octanol–water partition coefficient (Wildman–Crippen LogP) is 4.81. The third-order valence-corrected chi connectivity index (χ3v) is 3.66. The number of anilines is 3. The van der Waals surface area contributed by atoms with Crippen molar-refractivity contribution in [1.82, 2.24) is 9.97 Å². The van der Waals surface area contributed by atoms with Crippen molar-refractivity contribution in [1.29, 1.82) is 0 Å². The molecule has 0 saturated carbocycles. The molecule has 0 spiro atoms. The maximum absolute atomic E-state index is 4.44. The number of nitrogens with zero attached hydrogens (tertiary/aromatic N) is 2. The average molecular weight is 349 g/mol. The van der Waals surface area contributed by atoms with Gasteiger partial charge in [-0.1, -0.05) is 15.9 Å². The van der Waals surface area contributed by atoms with Gasteiger partial charge in [0.1, 0.15) is 17.5 Å². The van der Waals surface area contributed by atoms with Gasteiger partial charge in [-0.15, -0.1) is 0 Å². The summed E-state index contributed by atoms with van der Waals surface area (Å²) in [5.74, 6) is 2.35. The second-order valence-corrected chi connectivity index (χ2v) is 7.00. The van der Waals surface area contributed by atoms with Crippen molar-refractivity contribution in [2.24, 2.45) is 0 Å². The second-order valence-electron chi connectivity index (χ2n) is 6.15. The first-order chi connectivity index (χ1) is 9.73. The monoisotopic (exact) mass is 348 g/mol. The SMILES string of the molecule is Cc1nc(Nc2ccc(Br)c(C)c2)cc(NC(C)(C)C)n1. The maximum Gasteiger partial charge on any atom is 0.136 e. The fraction of sp³-hybridized carbons (Fsp3) is 0.375. The maximum atomic E-state index is 4.44. The van der Waals surface area contributed by atoms with Crippen LogP contribution in [0.4, 0.5) is 17.3 Å². The summed E-state index contributed by atoms with van der Waals surface area (Å²) in [6.45, 7) is 10.3. The van der Waals surface area contributed by atoms with Gasteiger partial charge in [0.05, 0.1) is 0 Å². The molecule has 1 aromatic heterocycles. The number of benzene rings is 1. The van der Waals surface area contributed by atoms with E-state index >= 15 is 0 Å². The summed E-state index contributed by atoms with van der Waals surface area (Å²) in [7, 11) is 0. The summed E-state index contributed by atoms with van der Waals surface area (Å²) in [5.41, 5.74) is 2.15. The molecule has 0 saturated heterocycles. The van der Waals surface area contributed by atoms with E-state index in [4.69, 9.17) is 0 Å². The minimum atomic E-state index is -0.0355. The first kappa shape index (κ1) is 15.8. The van der Waals surface area contributed by atoms with Gasteiger partial charge in [-0.3, -0.25) is 0 Å². The Morgan fingerprint density at radius 1 is 1.00 bits per heavy atom. The molecule has 0 bridgehead atoms. The lowest BCUT2D eigenvalue weighted by Crippen LogP contribution is -2.26. The van der Waals surface area contributed by atoms with E-state index in [0.29, 0.717) is 0 Å². The van der Waals surface area contributed by atoms with Gasteiger partial charge in [-0.05, 0) is 58.4 Å². The second kappa shape index (κ2) is 6.02. The van der Waals surface area contributed by atoms with Crippen LogP contribution in [0.5, 0.6) is 0 Å². The highest BCUT2D eigenvalue weighted by molar-refractivity contribution is 9.10. The minimum absolute atomic E-state index is 0.0355. The fourth-order valence-electron chi connectivity index (χ4n) is 1.95. The highest BCUT2D eigenvalue weighted by Gasteiger charge is 2.11. The molecule has 2 rings (SSSR count). The quantitative estimate of drug-likeness (QED) is 0.835. The molecular weight excluding hydrogens is 328 g/mol. The zero-order valence-electron chi connectivity index (χ0n) is 13.1. The number of hydrogen-bond acceptors (Lipinski definition) is 4. The van der Waals surface area contributed by atoms with Crippen molar-refractivity contribution >= 4 is 33.3 Å². The zero-order chi connectivity index (χ0) is 15.6. The van der Waals surface area contributed by atoms with Gasteiger partial charge >= 0.3 is 0 Å². The van der Waals surface area contributed by atoms with Gasteiger partial charge in [0, 0.05) is 21.8 Å². The van der Waals surface area contributed by atoms with E-state index in [0.717, 1.165) is 27.6 Å². The van der Waals surface area contributed by atoms with E-state index in [2.05, 4.69) is 70.3 Å². The summed E-state index contributed by atoms with van der Waals surface area (Å²) < 4.78 is 1.10. The van der Waals surface area contributed by atoms with Gasteiger partial charge in [0.2, 0.25) is 0 Å². The van der Waals surface area contributed by atoms with E-state index in [1.165, 1.54) is 5.56 Å². The lowest BCUT2D eigenvalue weighted by molar-refractivity contribution is 0.629. The Kier molecular flexibility index (Phi) is 4.52. The third kappa shape index (κ3) is 4.70. The van der Waals surface area contributed by atoms with Crippen LogP contribution in [-0.4, -0.2) is 15.5 Å². The Morgan fingerprint density at radius 2 is 1.67 bits per heavy atom. The van der Waals surface area contributed by atoms with Crippen molar-refractivity contribution < 1.29 is 0 Å². The van der Waals surface area contributed by atoms with Gasteiger partial charge in [-0.25, -0.2) is 9.97 Å². The van der Waals surface area contributed by atoms with E-state index < -0.39 is 0 Å². The summed E-state index contributed by atoms with van der Waals surface area (Å²) in [6, 6.07) is 8.05. The number of nitrogens with one attached hydrogen (secondary N) is 2. The molecule has 1 aromatic carbocycles. The molecule has 112 valence electrons. The minimum Gasteiger partial charge on any atom is -0.365 e. The molecule has 0 aliphatic carbocycles. The van der Waals surface area contributed by atoms with Crippen molar-refractivity contribution in [3.8, 4) is 0 Å². The van der Waals surface area contributed by atoms with Crippen LogP contribution in [-0.2, 0) is 0 Å². The van der Waals surface area contributed by atoms with Gasteiger partial charge < -0.3 is 10.6 Å². The smallest absolute Gasteiger partial charge is 0.136 e. The molecule has 0 atom stereocenters. The third-order valence-electron chi connectivity index (χ3n) is 2.77. The van der Waals surface area contributed by atoms with E-state index in [-0.39, 0.29) is 5.54 Å². The van der Waals surface area contributed by atoms with Gasteiger partial charge in [-0.2, -0.15) is 0 Å². The highest BCUT2D eigenvalue weighted by Crippen LogP contribution is 2.23. The topological polar surface area (TPSA) is 49.8 Å². The molecule has 0 amide bonds. The molecular formula is C16H21BrN4. The fourth-order valence-corrected chi connectivity index (χ4v) is 2.20. The molecule has 0 radical (unpaired) electrons. The van der Waals surface area contributed by atoms with Crippen LogP contribution in [0, 0.1) is 13.8 Å². The van der Waals surface area contributed by atoms with Crippen LogP contribution >= 0.6 is 15.9 Å². The normalized spacial score (nSPS) is 11.3. The largest absolute Gasteiger partial charge is 0.365 e. The molecule has 21 heavy (non-hydrogen) atoms. The van der Waals surface area contributed by atoms with Gasteiger partial charge in [0.25, 0.3) is 0 Å². The van der Waals surface area contributed by atoms with Crippen LogP contribution in [0.25, 0.3) is 0 Å². The van der Waals surface area contributed by atoms with Crippen LogP contribution in [0.2, 0.25) is 0 Å². The number of aryl methyl sites for hydroxylation is 2. The Bertz CT molecular complexity index is 647. The molecule has 0 fully saturated rings. The lowest BCUT2D eigenvalue weighted by atomic mass is 10.1. The van der Waals surface area contributed by atoms with Gasteiger partial charge in [0.15, 0.2) is 0 Å². The molecule has 4 nitrogen and oxygen atoms in total. The first-order valence-corrected chi connectivity index (χ1v) is 7.69. The van der Waals surface area contributed by atoms with E-state index in [1.54, 1.807) is 0 Å². The lowest BCUT2D eigenvalue weighted by Gasteiger charge is -2.21. The van der Waals surface area contributed by atoms with Crippen molar-refractivity contribution in [3.05, 3.63) is 40.1 Å². The summed E-state index contributed by atoms with van der Waals surface area (Å²) in [6.07, 6.45) is 0. The van der Waals surface area contributed by atoms with Crippen LogP contribution in [0.15, 0.2) is 28.7 Å². The Labute approximate surface area is 134 Å². The standard InChI is InChI=1S/C16H21BrN4/c1-10-8-12(6-7-13(10)17)20-14-9-15(19-11(2)18-14)21-16(3,4)5/h6-9H,1-5H3,(H2,18,19,20,21). The molecule has 2 aromatic rings. The Balaban J connectivity index is 2.25. The zero-order valence-corrected chi connectivity index (χ0v) is 14.7. The van der Waals surface area contributed by atoms with Crippen LogP contribution in [0.1, 0.15) is 32.2 Å². The number of halogens is 1. The Morgan fingerprint density at radius 3 is 2.29 bits per heavy atom. The Hall–Kier alpha value is -1.62. The number of rotatable bonds is 3. The molecule has 0 unspecified atom stereocenters. The summed E-state index contributed by atoms with van der Waals surface area (Å²) in [5, 5.41) is 6.70. The summed E-state index contributed by atoms with van der Waals surface area (Å²) >= 11 is 3.51. The number of aromatic nitrogens is 2. The highest BCUT2D eigenvalue weighted by atomic mass is 79.9. The van der Waals surface area contributed by atoms with E-state index in [1.807, 2.05) is 25.1 Å². The summed E-state index contributed by atoms with van der Waals surface area (Å²) in [4.78, 5) is 8.86. The molecule has 0 aliphatic heterocycles. The molecule has 0 aliphatic rings. The van der Waals surface area contributed by atoms with E-state index in [9.17, 15) is 0 Å².